The molecule has 0 bridgehead atoms. The number of hydrogen-bond acceptors (Lipinski definition) is 6. The highest BCUT2D eigenvalue weighted by atomic mass is 32.2. The number of hydrogen-bond donors (Lipinski definition) is 2. The van der Waals surface area contributed by atoms with Crippen LogP contribution in [0.2, 0.25) is 0 Å². The van der Waals surface area contributed by atoms with Gasteiger partial charge in [0.25, 0.3) is 5.91 Å². The third kappa shape index (κ3) is 3.30. The van der Waals surface area contributed by atoms with Crippen molar-refractivity contribution in [3.8, 4) is 0 Å². The summed E-state index contributed by atoms with van der Waals surface area (Å²) in [5.41, 5.74) is 0.164. The first kappa shape index (κ1) is 18.8. The van der Waals surface area contributed by atoms with Gasteiger partial charge in [0.1, 0.15) is 11.2 Å². The van der Waals surface area contributed by atoms with Crippen LogP contribution in [0.4, 0.5) is 0 Å². The van der Waals surface area contributed by atoms with E-state index in [9.17, 15) is 14.7 Å². The SMILES string of the molecule is CSC(SC)c1cnc(C2=NC(C)(C(C)C)C(=O)N2)c(C(=O)O)c1. The monoisotopic (exact) mass is 367 g/mol. The number of rotatable bonds is 6. The number of nitrogens with zero attached hydrogens (tertiary/aromatic N) is 2. The van der Waals surface area contributed by atoms with Crippen LogP contribution in [0.1, 0.15) is 47.0 Å². The number of carboxylic acid groups (broad SMARTS) is 1. The van der Waals surface area contributed by atoms with Crippen LogP contribution in [0.25, 0.3) is 0 Å². The van der Waals surface area contributed by atoms with Crippen LogP contribution in [0.15, 0.2) is 17.3 Å². The maximum atomic E-state index is 12.3. The summed E-state index contributed by atoms with van der Waals surface area (Å²) in [6.45, 7) is 5.55. The molecule has 2 rings (SSSR count). The summed E-state index contributed by atoms with van der Waals surface area (Å²) in [5, 5.41) is 12.3. The first-order valence-electron chi connectivity index (χ1n) is 7.45. The van der Waals surface area contributed by atoms with Crippen molar-refractivity contribution in [2.24, 2.45) is 10.9 Å². The Morgan fingerprint density at radius 3 is 2.42 bits per heavy atom. The van der Waals surface area contributed by atoms with E-state index in [2.05, 4.69) is 15.3 Å². The molecule has 130 valence electrons. The number of thioether (sulfide) groups is 2. The molecular formula is C16H21N3O3S2. The molecule has 1 aromatic rings. The van der Waals surface area contributed by atoms with E-state index in [4.69, 9.17) is 0 Å². The Kier molecular flexibility index (Phi) is 5.59. The van der Waals surface area contributed by atoms with Gasteiger partial charge in [-0.25, -0.2) is 9.79 Å². The second-order valence-electron chi connectivity index (χ2n) is 5.99. The lowest BCUT2D eigenvalue weighted by Gasteiger charge is -2.21. The van der Waals surface area contributed by atoms with Gasteiger partial charge in [0.05, 0.1) is 10.1 Å². The highest BCUT2D eigenvalue weighted by Crippen LogP contribution is 2.36. The van der Waals surface area contributed by atoms with Crippen molar-refractivity contribution in [1.82, 2.24) is 10.3 Å². The van der Waals surface area contributed by atoms with Gasteiger partial charge in [0.15, 0.2) is 5.84 Å². The molecule has 2 heterocycles. The van der Waals surface area contributed by atoms with Crippen molar-refractivity contribution in [1.29, 1.82) is 0 Å². The van der Waals surface area contributed by atoms with Crippen molar-refractivity contribution in [3.63, 3.8) is 0 Å². The number of pyridine rings is 1. The van der Waals surface area contributed by atoms with Gasteiger partial charge in [-0.1, -0.05) is 13.8 Å². The molecule has 0 aliphatic carbocycles. The zero-order chi connectivity index (χ0) is 18.1. The molecular weight excluding hydrogens is 346 g/mol. The topological polar surface area (TPSA) is 91.7 Å². The number of carboxylic acids is 1. The highest BCUT2D eigenvalue weighted by molar-refractivity contribution is 8.15. The number of nitrogens with one attached hydrogen (secondary N) is 1. The van der Waals surface area contributed by atoms with Gasteiger partial charge in [-0.15, -0.1) is 23.5 Å². The van der Waals surface area contributed by atoms with E-state index < -0.39 is 11.5 Å². The minimum absolute atomic E-state index is 0.0140. The van der Waals surface area contributed by atoms with E-state index in [1.807, 2.05) is 26.4 Å². The summed E-state index contributed by atoms with van der Waals surface area (Å²) in [6, 6.07) is 1.61. The molecule has 1 aliphatic heterocycles. The summed E-state index contributed by atoms with van der Waals surface area (Å²) < 4.78 is 0.102. The molecule has 1 unspecified atom stereocenters. The van der Waals surface area contributed by atoms with Crippen LogP contribution >= 0.6 is 23.5 Å². The zero-order valence-corrected chi connectivity index (χ0v) is 15.9. The van der Waals surface area contributed by atoms with E-state index in [0.717, 1.165) is 5.56 Å². The molecule has 2 N–H and O–H groups in total. The minimum Gasteiger partial charge on any atom is -0.478 e. The van der Waals surface area contributed by atoms with Crippen molar-refractivity contribution in [2.45, 2.75) is 30.9 Å². The fourth-order valence-electron chi connectivity index (χ4n) is 2.38. The Hall–Kier alpha value is -1.54. The molecule has 1 aromatic heterocycles. The lowest BCUT2D eigenvalue weighted by molar-refractivity contribution is -0.124. The summed E-state index contributed by atoms with van der Waals surface area (Å²) in [5.74, 6) is -1.11. The molecule has 0 saturated carbocycles. The Labute approximate surface area is 149 Å². The molecule has 8 heteroatoms. The van der Waals surface area contributed by atoms with Crippen molar-refractivity contribution in [3.05, 3.63) is 29.1 Å². The lowest BCUT2D eigenvalue weighted by Crippen LogP contribution is -2.41. The Bertz CT molecular complexity index is 702. The van der Waals surface area contributed by atoms with Gasteiger partial charge in [-0.3, -0.25) is 9.78 Å². The molecule has 1 aliphatic rings. The van der Waals surface area contributed by atoms with E-state index in [-0.39, 0.29) is 33.5 Å². The quantitative estimate of drug-likeness (QED) is 0.751. The van der Waals surface area contributed by atoms with Gasteiger partial charge >= 0.3 is 5.97 Å². The Morgan fingerprint density at radius 1 is 1.33 bits per heavy atom. The summed E-state index contributed by atoms with van der Waals surface area (Å²) in [7, 11) is 0. The van der Waals surface area contributed by atoms with Crippen LogP contribution in [0, 0.1) is 5.92 Å². The highest BCUT2D eigenvalue weighted by Gasteiger charge is 2.43. The average Bonchev–Trinajstić information content (AvgIpc) is 2.85. The summed E-state index contributed by atoms with van der Waals surface area (Å²) >= 11 is 3.23. The number of carbonyl (C=O) groups excluding carboxylic acids is 1. The molecule has 0 fully saturated rings. The smallest absolute Gasteiger partial charge is 0.338 e. The van der Waals surface area contributed by atoms with Crippen LogP contribution in [0.3, 0.4) is 0 Å². The number of aromatic nitrogens is 1. The normalized spacial score (nSPS) is 20.5. The summed E-state index contributed by atoms with van der Waals surface area (Å²) in [6.07, 6.45) is 5.58. The standard InChI is InChI=1S/C16H21N3O3S2/c1-8(2)16(3)15(22)18-12(19-16)11-10(13(20)21)6-9(7-17-11)14(23-4)24-5/h6-8,14H,1-5H3,(H,20,21)(H,18,19,22). The lowest BCUT2D eigenvalue weighted by atomic mass is 9.89. The summed E-state index contributed by atoms with van der Waals surface area (Å²) in [4.78, 5) is 32.7. The van der Waals surface area contributed by atoms with Gasteiger partial charge in [-0.05, 0) is 37.0 Å². The Morgan fingerprint density at radius 2 is 1.96 bits per heavy atom. The van der Waals surface area contributed by atoms with Crippen molar-refractivity contribution < 1.29 is 14.7 Å². The Balaban J connectivity index is 2.52. The van der Waals surface area contributed by atoms with Crippen molar-refractivity contribution >= 4 is 41.2 Å². The fraction of sp³-hybridized carbons (Fsp3) is 0.500. The number of amidine groups is 1. The van der Waals surface area contributed by atoms with Crippen LogP contribution in [0.5, 0.6) is 0 Å². The van der Waals surface area contributed by atoms with E-state index in [1.54, 1.807) is 42.7 Å². The number of carbonyl (C=O) groups is 2. The average molecular weight is 367 g/mol. The molecule has 0 radical (unpaired) electrons. The molecule has 24 heavy (non-hydrogen) atoms. The molecule has 1 amide bonds. The first-order chi connectivity index (χ1) is 11.2. The predicted molar refractivity (Wildman–Crippen MR) is 98.9 cm³/mol. The first-order valence-corrected chi connectivity index (χ1v) is 10.0. The third-order valence-corrected chi connectivity index (χ3v) is 6.78. The molecule has 0 spiro atoms. The maximum Gasteiger partial charge on any atom is 0.338 e. The maximum absolute atomic E-state index is 12.3. The number of aromatic carboxylic acids is 1. The predicted octanol–water partition coefficient (Wildman–Crippen LogP) is 2.80. The van der Waals surface area contributed by atoms with Crippen LogP contribution in [-0.2, 0) is 4.79 Å². The molecule has 0 aromatic carbocycles. The van der Waals surface area contributed by atoms with Crippen molar-refractivity contribution in [2.75, 3.05) is 12.5 Å². The third-order valence-electron chi connectivity index (χ3n) is 4.22. The minimum atomic E-state index is -1.09. The second kappa shape index (κ2) is 7.14. The molecule has 0 saturated heterocycles. The number of amides is 1. The van der Waals surface area contributed by atoms with Gasteiger partial charge in [0, 0.05) is 6.20 Å². The number of aliphatic imine (C=N–C) groups is 1. The van der Waals surface area contributed by atoms with E-state index in [1.165, 1.54) is 0 Å². The largest absolute Gasteiger partial charge is 0.478 e. The molecule has 1 atom stereocenters. The van der Waals surface area contributed by atoms with Gasteiger partial charge in [-0.2, -0.15) is 0 Å². The van der Waals surface area contributed by atoms with Gasteiger partial charge < -0.3 is 10.4 Å². The van der Waals surface area contributed by atoms with Crippen LogP contribution in [-0.4, -0.2) is 45.9 Å². The van der Waals surface area contributed by atoms with E-state index in [0.29, 0.717) is 0 Å². The second-order valence-corrected chi connectivity index (χ2v) is 8.17. The fourth-order valence-corrected chi connectivity index (χ4v) is 3.95. The zero-order valence-electron chi connectivity index (χ0n) is 14.3. The van der Waals surface area contributed by atoms with E-state index >= 15 is 0 Å². The molecule has 6 nitrogen and oxygen atoms in total. The van der Waals surface area contributed by atoms with Crippen LogP contribution < -0.4 is 5.32 Å². The van der Waals surface area contributed by atoms with Gasteiger partial charge in [0.2, 0.25) is 0 Å².